The minimum absolute atomic E-state index is 0.517. The highest BCUT2D eigenvalue weighted by Gasteiger charge is 2.15. The van der Waals surface area contributed by atoms with Crippen molar-refractivity contribution in [3.8, 4) is 5.75 Å². The van der Waals surface area contributed by atoms with E-state index in [9.17, 15) is 0 Å². The van der Waals surface area contributed by atoms with Gasteiger partial charge in [-0.1, -0.05) is 12.1 Å². The van der Waals surface area contributed by atoms with Gasteiger partial charge in [-0.2, -0.15) is 0 Å². The van der Waals surface area contributed by atoms with Crippen LogP contribution >= 0.6 is 0 Å². The van der Waals surface area contributed by atoms with E-state index in [1.807, 2.05) is 24.3 Å². The number of ether oxygens (including phenoxy) is 1. The Bertz CT molecular complexity index is 539. The molecule has 0 fully saturated rings. The Labute approximate surface area is 107 Å². The predicted molar refractivity (Wildman–Crippen MR) is 72.0 cm³/mol. The van der Waals surface area contributed by atoms with E-state index < -0.39 is 0 Å². The molecule has 0 bridgehead atoms. The SMILES string of the molecule is CN1CCc2ccc(OCc3ccccn3)cc21. The summed E-state index contributed by atoms with van der Waals surface area (Å²) in [6.45, 7) is 1.61. The van der Waals surface area contributed by atoms with E-state index in [2.05, 4.69) is 29.1 Å². The molecule has 3 heteroatoms. The van der Waals surface area contributed by atoms with Crippen LogP contribution in [0.4, 0.5) is 5.69 Å². The van der Waals surface area contributed by atoms with E-state index in [0.717, 1.165) is 24.4 Å². The Morgan fingerprint density at radius 1 is 1.28 bits per heavy atom. The Balaban J connectivity index is 1.72. The molecule has 0 saturated heterocycles. The molecule has 0 radical (unpaired) electrons. The molecule has 1 aromatic carbocycles. The van der Waals surface area contributed by atoms with Crippen LogP contribution in [0.3, 0.4) is 0 Å². The molecule has 0 spiro atoms. The minimum atomic E-state index is 0.517. The fourth-order valence-corrected chi connectivity index (χ4v) is 2.25. The molecule has 0 unspecified atom stereocenters. The summed E-state index contributed by atoms with van der Waals surface area (Å²) in [6, 6.07) is 12.2. The van der Waals surface area contributed by atoms with Crippen molar-refractivity contribution in [1.82, 2.24) is 4.98 Å². The quantitative estimate of drug-likeness (QED) is 0.824. The highest BCUT2D eigenvalue weighted by molar-refractivity contribution is 5.60. The average molecular weight is 240 g/mol. The molecule has 0 amide bonds. The largest absolute Gasteiger partial charge is 0.487 e. The lowest BCUT2D eigenvalue weighted by Crippen LogP contribution is -2.12. The van der Waals surface area contributed by atoms with Crippen LogP contribution in [0.15, 0.2) is 42.6 Å². The summed E-state index contributed by atoms with van der Waals surface area (Å²) >= 11 is 0. The highest BCUT2D eigenvalue weighted by atomic mass is 16.5. The van der Waals surface area contributed by atoms with Crippen LogP contribution in [0.25, 0.3) is 0 Å². The lowest BCUT2D eigenvalue weighted by atomic mass is 10.1. The summed E-state index contributed by atoms with van der Waals surface area (Å²) in [6.07, 6.45) is 2.92. The molecule has 0 saturated carbocycles. The normalized spacial score (nSPS) is 13.5. The third-order valence-corrected chi connectivity index (χ3v) is 3.30. The molecule has 18 heavy (non-hydrogen) atoms. The van der Waals surface area contributed by atoms with Crippen LogP contribution < -0.4 is 9.64 Å². The molecule has 2 aromatic rings. The third-order valence-electron chi connectivity index (χ3n) is 3.30. The van der Waals surface area contributed by atoms with Gasteiger partial charge in [0, 0.05) is 31.5 Å². The first-order chi connectivity index (χ1) is 8.83. The smallest absolute Gasteiger partial charge is 0.130 e. The third kappa shape index (κ3) is 2.16. The number of nitrogens with zero attached hydrogens (tertiary/aromatic N) is 2. The molecule has 1 aliphatic heterocycles. The van der Waals surface area contributed by atoms with Crippen molar-refractivity contribution in [2.75, 3.05) is 18.5 Å². The Kier molecular flexibility index (Phi) is 2.89. The number of rotatable bonds is 3. The first-order valence-corrected chi connectivity index (χ1v) is 6.20. The van der Waals surface area contributed by atoms with Gasteiger partial charge >= 0.3 is 0 Å². The van der Waals surface area contributed by atoms with E-state index in [4.69, 9.17) is 4.74 Å². The molecule has 0 aliphatic carbocycles. The zero-order valence-corrected chi connectivity index (χ0v) is 10.5. The van der Waals surface area contributed by atoms with Crippen molar-refractivity contribution in [1.29, 1.82) is 0 Å². The van der Waals surface area contributed by atoms with Crippen molar-refractivity contribution in [3.05, 3.63) is 53.9 Å². The van der Waals surface area contributed by atoms with Gasteiger partial charge in [-0.3, -0.25) is 4.98 Å². The van der Waals surface area contributed by atoms with Crippen LogP contribution in [0.1, 0.15) is 11.3 Å². The topological polar surface area (TPSA) is 25.4 Å². The maximum atomic E-state index is 5.78. The summed E-state index contributed by atoms with van der Waals surface area (Å²) in [5.74, 6) is 0.910. The fourth-order valence-electron chi connectivity index (χ4n) is 2.25. The minimum Gasteiger partial charge on any atom is -0.487 e. The summed E-state index contributed by atoms with van der Waals surface area (Å²) < 4.78 is 5.78. The summed E-state index contributed by atoms with van der Waals surface area (Å²) in [5, 5.41) is 0. The summed E-state index contributed by atoms with van der Waals surface area (Å²) in [4.78, 5) is 6.51. The fraction of sp³-hybridized carbons (Fsp3) is 0.267. The van der Waals surface area contributed by atoms with Crippen LogP contribution in [-0.4, -0.2) is 18.6 Å². The molecular formula is C15H16N2O. The van der Waals surface area contributed by atoms with E-state index in [1.54, 1.807) is 6.20 Å². The second-order valence-electron chi connectivity index (χ2n) is 4.57. The first-order valence-electron chi connectivity index (χ1n) is 6.20. The second-order valence-corrected chi connectivity index (χ2v) is 4.57. The summed E-state index contributed by atoms with van der Waals surface area (Å²) in [5.41, 5.74) is 3.64. The van der Waals surface area contributed by atoms with Gasteiger partial charge in [0.1, 0.15) is 12.4 Å². The number of likely N-dealkylation sites (N-methyl/N-ethyl adjacent to an activating group) is 1. The molecule has 1 aliphatic rings. The summed E-state index contributed by atoms with van der Waals surface area (Å²) in [7, 11) is 2.12. The van der Waals surface area contributed by atoms with Gasteiger partial charge in [0.2, 0.25) is 0 Å². The van der Waals surface area contributed by atoms with Gasteiger partial charge in [0.25, 0.3) is 0 Å². The molecule has 1 aromatic heterocycles. The Hall–Kier alpha value is -2.03. The Morgan fingerprint density at radius 3 is 3.06 bits per heavy atom. The lowest BCUT2D eigenvalue weighted by molar-refractivity contribution is 0.301. The average Bonchev–Trinajstić information content (AvgIpc) is 2.79. The molecule has 2 heterocycles. The molecular weight excluding hydrogens is 224 g/mol. The van der Waals surface area contributed by atoms with Crippen LogP contribution in [0.5, 0.6) is 5.75 Å². The maximum Gasteiger partial charge on any atom is 0.130 e. The van der Waals surface area contributed by atoms with Gasteiger partial charge in [0.15, 0.2) is 0 Å². The van der Waals surface area contributed by atoms with Crippen molar-refractivity contribution in [2.24, 2.45) is 0 Å². The van der Waals surface area contributed by atoms with Gasteiger partial charge < -0.3 is 9.64 Å². The van der Waals surface area contributed by atoms with Crippen LogP contribution in [0.2, 0.25) is 0 Å². The van der Waals surface area contributed by atoms with Gasteiger partial charge in [-0.15, -0.1) is 0 Å². The van der Waals surface area contributed by atoms with Gasteiger partial charge in [-0.05, 0) is 30.2 Å². The van der Waals surface area contributed by atoms with Crippen LogP contribution in [-0.2, 0) is 13.0 Å². The first kappa shape index (κ1) is 11.1. The number of aromatic nitrogens is 1. The molecule has 0 N–H and O–H groups in total. The number of anilines is 1. The monoisotopic (exact) mass is 240 g/mol. The molecule has 3 nitrogen and oxygen atoms in total. The molecule has 0 atom stereocenters. The van der Waals surface area contributed by atoms with E-state index in [1.165, 1.54) is 11.3 Å². The standard InChI is InChI=1S/C15H16N2O/c1-17-9-7-12-5-6-14(10-15(12)17)18-11-13-4-2-3-8-16-13/h2-6,8,10H,7,9,11H2,1H3. The zero-order valence-electron chi connectivity index (χ0n) is 10.5. The number of benzene rings is 1. The molecule has 92 valence electrons. The Morgan fingerprint density at radius 2 is 2.22 bits per heavy atom. The van der Waals surface area contributed by atoms with Gasteiger partial charge in [-0.25, -0.2) is 0 Å². The van der Waals surface area contributed by atoms with E-state index in [0.29, 0.717) is 6.61 Å². The van der Waals surface area contributed by atoms with Crippen molar-refractivity contribution >= 4 is 5.69 Å². The van der Waals surface area contributed by atoms with Crippen molar-refractivity contribution in [3.63, 3.8) is 0 Å². The maximum absolute atomic E-state index is 5.78. The number of fused-ring (bicyclic) bond motifs is 1. The number of pyridine rings is 1. The molecule has 3 rings (SSSR count). The number of hydrogen-bond donors (Lipinski definition) is 0. The van der Waals surface area contributed by atoms with Crippen molar-refractivity contribution < 1.29 is 4.74 Å². The lowest BCUT2D eigenvalue weighted by Gasteiger charge is -2.13. The zero-order chi connectivity index (χ0) is 12.4. The number of hydrogen-bond acceptors (Lipinski definition) is 3. The van der Waals surface area contributed by atoms with Crippen LogP contribution in [0, 0.1) is 0 Å². The predicted octanol–water partition coefficient (Wildman–Crippen LogP) is 2.65. The van der Waals surface area contributed by atoms with Gasteiger partial charge in [0.05, 0.1) is 5.69 Å². The highest BCUT2D eigenvalue weighted by Crippen LogP contribution is 2.30. The second kappa shape index (κ2) is 4.69. The van der Waals surface area contributed by atoms with Crippen molar-refractivity contribution in [2.45, 2.75) is 13.0 Å². The van der Waals surface area contributed by atoms with E-state index in [-0.39, 0.29) is 0 Å². The van der Waals surface area contributed by atoms with E-state index >= 15 is 0 Å².